The number of nitrogens with zero attached hydrogens (tertiary/aromatic N) is 1. The summed E-state index contributed by atoms with van der Waals surface area (Å²) in [6.45, 7) is 5.08. The van der Waals surface area contributed by atoms with Gasteiger partial charge in [-0.15, -0.1) is 0 Å². The van der Waals surface area contributed by atoms with Gasteiger partial charge in [0.25, 0.3) is 0 Å². The zero-order chi connectivity index (χ0) is 14.4. The molecule has 0 unspecified atom stereocenters. The van der Waals surface area contributed by atoms with E-state index in [-0.39, 0.29) is 12.4 Å². The van der Waals surface area contributed by atoms with Gasteiger partial charge in [0.2, 0.25) is 0 Å². The van der Waals surface area contributed by atoms with E-state index in [4.69, 9.17) is 4.74 Å². The van der Waals surface area contributed by atoms with Crippen LogP contribution in [0.5, 0.6) is 5.75 Å². The molecular weight excluding hydrogens is 255 g/mol. The Bertz CT molecular complexity index is 543. The van der Waals surface area contributed by atoms with E-state index in [1.165, 1.54) is 6.07 Å². The largest absolute Gasteiger partial charge is 0.487 e. The van der Waals surface area contributed by atoms with Crippen LogP contribution in [0.3, 0.4) is 0 Å². The fraction of sp³-hybridized carbons (Fsp3) is 0.312. The minimum atomic E-state index is -0.248. The van der Waals surface area contributed by atoms with Gasteiger partial charge in [-0.1, -0.05) is 19.9 Å². The minimum Gasteiger partial charge on any atom is -0.487 e. The van der Waals surface area contributed by atoms with E-state index in [9.17, 15) is 4.39 Å². The maximum Gasteiger partial charge on any atom is 0.138 e. The first-order valence-electron chi connectivity index (χ1n) is 6.68. The van der Waals surface area contributed by atoms with E-state index in [0.717, 1.165) is 12.1 Å². The fourth-order valence-electron chi connectivity index (χ4n) is 1.76. The number of halogens is 1. The van der Waals surface area contributed by atoms with Gasteiger partial charge in [0.15, 0.2) is 0 Å². The van der Waals surface area contributed by atoms with E-state index < -0.39 is 0 Å². The maximum absolute atomic E-state index is 13.8. The van der Waals surface area contributed by atoms with Gasteiger partial charge >= 0.3 is 0 Å². The van der Waals surface area contributed by atoms with Crippen LogP contribution in [0, 0.1) is 5.82 Å². The number of hydrogen-bond acceptors (Lipinski definition) is 3. The molecule has 2 rings (SSSR count). The van der Waals surface area contributed by atoms with E-state index in [0.29, 0.717) is 17.4 Å². The third kappa shape index (κ3) is 4.31. The normalized spacial score (nSPS) is 10.8. The van der Waals surface area contributed by atoms with E-state index in [1.807, 2.05) is 6.07 Å². The molecular formula is C16H19FN2O. The van der Waals surface area contributed by atoms with Gasteiger partial charge in [-0.2, -0.15) is 0 Å². The fourth-order valence-corrected chi connectivity index (χ4v) is 1.76. The van der Waals surface area contributed by atoms with Crippen molar-refractivity contribution in [1.82, 2.24) is 10.3 Å². The van der Waals surface area contributed by atoms with Crippen LogP contribution in [-0.4, -0.2) is 11.0 Å². The summed E-state index contributed by atoms with van der Waals surface area (Å²) in [5.41, 5.74) is 1.60. The van der Waals surface area contributed by atoms with Crippen molar-refractivity contribution in [3.8, 4) is 5.75 Å². The molecule has 106 valence electrons. The average molecular weight is 274 g/mol. The highest BCUT2D eigenvalue weighted by atomic mass is 19.1. The molecule has 2 aromatic rings. The highest BCUT2D eigenvalue weighted by Crippen LogP contribution is 2.15. The number of pyridine rings is 1. The molecule has 0 saturated carbocycles. The lowest BCUT2D eigenvalue weighted by molar-refractivity contribution is 0.298. The molecule has 0 fully saturated rings. The van der Waals surface area contributed by atoms with Crippen molar-refractivity contribution in [3.63, 3.8) is 0 Å². The Hall–Kier alpha value is -1.94. The van der Waals surface area contributed by atoms with Crippen LogP contribution < -0.4 is 10.1 Å². The molecule has 1 aromatic heterocycles. The second kappa shape index (κ2) is 7.01. The van der Waals surface area contributed by atoms with Crippen LogP contribution in [0.4, 0.5) is 4.39 Å². The van der Waals surface area contributed by atoms with Gasteiger partial charge < -0.3 is 10.1 Å². The Morgan fingerprint density at radius 3 is 2.85 bits per heavy atom. The first-order valence-corrected chi connectivity index (χ1v) is 6.68. The summed E-state index contributed by atoms with van der Waals surface area (Å²) >= 11 is 0. The first-order chi connectivity index (χ1) is 9.65. The molecule has 1 aromatic carbocycles. The second-order valence-corrected chi connectivity index (χ2v) is 4.94. The van der Waals surface area contributed by atoms with Gasteiger partial charge in [-0.3, -0.25) is 4.98 Å². The minimum absolute atomic E-state index is 0.201. The van der Waals surface area contributed by atoms with Crippen LogP contribution in [-0.2, 0) is 13.2 Å². The zero-order valence-corrected chi connectivity index (χ0v) is 11.8. The van der Waals surface area contributed by atoms with Crippen LogP contribution >= 0.6 is 0 Å². The molecule has 0 bridgehead atoms. The van der Waals surface area contributed by atoms with E-state index in [2.05, 4.69) is 24.1 Å². The molecule has 0 aliphatic rings. The summed E-state index contributed by atoms with van der Waals surface area (Å²) in [4.78, 5) is 3.96. The number of aromatic nitrogens is 1. The number of ether oxygens (including phenoxy) is 1. The SMILES string of the molecule is CC(C)NCc1ccc(F)c(COc2cccnc2)c1. The van der Waals surface area contributed by atoms with Gasteiger partial charge in [0.1, 0.15) is 18.2 Å². The average Bonchev–Trinajstić information content (AvgIpc) is 2.46. The Kier molecular flexibility index (Phi) is 5.07. The van der Waals surface area contributed by atoms with Crippen molar-refractivity contribution in [2.24, 2.45) is 0 Å². The molecule has 1 N–H and O–H groups in total. The van der Waals surface area contributed by atoms with Crippen molar-refractivity contribution < 1.29 is 9.13 Å². The van der Waals surface area contributed by atoms with Gasteiger partial charge in [-0.05, 0) is 29.8 Å². The Morgan fingerprint density at radius 1 is 1.30 bits per heavy atom. The molecule has 20 heavy (non-hydrogen) atoms. The van der Waals surface area contributed by atoms with Gasteiger partial charge in [-0.25, -0.2) is 4.39 Å². The Balaban J connectivity index is 2.01. The summed E-state index contributed by atoms with van der Waals surface area (Å²) in [6, 6.07) is 9.10. The molecule has 0 radical (unpaired) electrons. The predicted molar refractivity (Wildman–Crippen MR) is 76.9 cm³/mol. The molecule has 0 amide bonds. The quantitative estimate of drug-likeness (QED) is 0.877. The van der Waals surface area contributed by atoms with Crippen molar-refractivity contribution in [3.05, 3.63) is 59.7 Å². The van der Waals surface area contributed by atoms with Crippen molar-refractivity contribution >= 4 is 0 Å². The lowest BCUT2D eigenvalue weighted by Crippen LogP contribution is -2.21. The smallest absolute Gasteiger partial charge is 0.138 e. The lowest BCUT2D eigenvalue weighted by Gasteiger charge is -2.11. The predicted octanol–water partition coefficient (Wildman–Crippen LogP) is 3.30. The summed E-state index contributed by atoms with van der Waals surface area (Å²) in [7, 11) is 0. The van der Waals surface area contributed by atoms with Crippen LogP contribution in [0.2, 0.25) is 0 Å². The highest BCUT2D eigenvalue weighted by Gasteiger charge is 2.05. The molecule has 0 aliphatic carbocycles. The summed E-state index contributed by atoms with van der Waals surface area (Å²) < 4.78 is 19.3. The lowest BCUT2D eigenvalue weighted by atomic mass is 10.1. The van der Waals surface area contributed by atoms with Crippen LogP contribution in [0.15, 0.2) is 42.7 Å². The van der Waals surface area contributed by atoms with Crippen LogP contribution in [0.25, 0.3) is 0 Å². The molecule has 1 heterocycles. The van der Waals surface area contributed by atoms with Crippen molar-refractivity contribution in [2.45, 2.75) is 33.0 Å². The van der Waals surface area contributed by atoms with Crippen LogP contribution in [0.1, 0.15) is 25.0 Å². The van der Waals surface area contributed by atoms with Crippen molar-refractivity contribution in [2.75, 3.05) is 0 Å². The topological polar surface area (TPSA) is 34.1 Å². The third-order valence-electron chi connectivity index (χ3n) is 2.85. The monoisotopic (exact) mass is 274 g/mol. The first kappa shape index (κ1) is 14.5. The maximum atomic E-state index is 13.8. The number of benzene rings is 1. The number of rotatable bonds is 6. The molecule has 4 heteroatoms. The number of hydrogen-bond donors (Lipinski definition) is 1. The Morgan fingerprint density at radius 2 is 2.15 bits per heavy atom. The summed E-state index contributed by atoms with van der Waals surface area (Å²) in [5, 5.41) is 3.31. The summed E-state index contributed by atoms with van der Waals surface area (Å²) in [5.74, 6) is 0.389. The Labute approximate surface area is 118 Å². The molecule has 0 atom stereocenters. The highest BCUT2D eigenvalue weighted by molar-refractivity contribution is 5.25. The standard InChI is InChI=1S/C16H19FN2O/c1-12(2)19-9-13-5-6-16(17)14(8-13)11-20-15-4-3-7-18-10-15/h3-8,10,12,19H,9,11H2,1-2H3. The zero-order valence-electron chi connectivity index (χ0n) is 11.8. The van der Waals surface area contributed by atoms with E-state index in [1.54, 1.807) is 30.6 Å². The van der Waals surface area contributed by atoms with Gasteiger partial charge in [0.05, 0.1) is 6.20 Å². The molecule has 0 saturated heterocycles. The molecule has 0 spiro atoms. The van der Waals surface area contributed by atoms with E-state index >= 15 is 0 Å². The molecule has 0 aliphatic heterocycles. The summed E-state index contributed by atoms with van der Waals surface area (Å²) in [6.07, 6.45) is 3.29. The molecule has 3 nitrogen and oxygen atoms in total. The van der Waals surface area contributed by atoms with Crippen molar-refractivity contribution in [1.29, 1.82) is 0 Å². The third-order valence-corrected chi connectivity index (χ3v) is 2.85. The second-order valence-electron chi connectivity index (χ2n) is 4.94. The number of nitrogens with one attached hydrogen (secondary N) is 1. The van der Waals surface area contributed by atoms with Gasteiger partial charge in [0, 0.05) is 24.3 Å².